The van der Waals surface area contributed by atoms with Crippen LogP contribution < -0.4 is 5.73 Å². The minimum absolute atomic E-state index is 0. The standard InChI is InChI=1S/C13H26N2O.ClH/c1-11(14)12-4-2-7-15(10-12)8-6-13-5-3-9-16-13;/h11-13H,2-10,14H2,1H3;1H. The summed E-state index contributed by atoms with van der Waals surface area (Å²) in [4.78, 5) is 2.58. The van der Waals surface area contributed by atoms with Gasteiger partial charge >= 0.3 is 0 Å². The van der Waals surface area contributed by atoms with Gasteiger partial charge in [0.05, 0.1) is 6.10 Å². The van der Waals surface area contributed by atoms with Crippen molar-refractivity contribution >= 4 is 12.4 Å². The van der Waals surface area contributed by atoms with Crippen LogP contribution in [0.4, 0.5) is 0 Å². The Labute approximate surface area is 111 Å². The molecular formula is C13H27ClN2O. The van der Waals surface area contributed by atoms with E-state index in [1.54, 1.807) is 0 Å². The lowest BCUT2D eigenvalue weighted by Gasteiger charge is -2.35. The molecule has 2 aliphatic rings. The molecule has 2 rings (SSSR count). The highest BCUT2D eigenvalue weighted by molar-refractivity contribution is 5.85. The molecule has 2 heterocycles. The summed E-state index contributed by atoms with van der Waals surface area (Å²) >= 11 is 0. The Morgan fingerprint density at radius 1 is 1.35 bits per heavy atom. The minimum Gasteiger partial charge on any atom is -0.378 e. The molecule has 0 aliphatic carbocycles. The van der Waals surface area contributed by atoms with Gasteiger partial charge in [0.25, 0.3) is 0 Å². The van der Waals surface area contributed by atoms with Crippen molar-refractivity contribution in [2.75, 3.05) is 26.2 Å². The molecule has 2 fully saturated rings. The number of hydrogen-bond acceptors (Lipinski definition) is 3. The lowest BCUT2D eigenvalue weighted by molar-refractivity contribution is 0.0814. The van der Waals surface area contributed by atoms with Crippen molar-refractivity contribution in [3.05, 3.63) is 0 Å². The van der Waals surface area contributed by atoms with Gasteiger partial charge in [0.1, 0.15) is 0 Å². The van der Waals surface area contributed by atoms with Gasteiger partial charge in [0.2, 0.25) is 0 Å². The average Bonchev–Trinajstić information content (AvgIpc) is 2.79. The molecule has 102 valence electrons. The van der Waals surface area contributed by atoms with Crippen LogP contribution in [0.2, 0.25) is 0 Å². The largest absolute Gasteiger partial charge is 0.378 e. The van der Waals surface area contributed by atoms with Crippen LogP contribution in [0.15, 0.2) is 0 Å². The van der Waals surface area contributed by atoms with Crippen LogP contribution in [0, 0.1) is 5.92 Å². The third-order valence-electron chi connectivity index (χ3n) is 4.08. The monoisotopic (exact) mass is 262 g/mol. The highest BCUT2D eigenvalue weighted by Gasteiger charge is 2.23. The molecule has 0 aromatic heterocycles. The predicted octanol–water partition coefficient (Wildman–Crippen LogP) is 2.04. The summed E-state index contributed by atoms with van der Waals surface area (Å²) in [6, 6.07) is 0.352. The second-order valence-electron chi connectivity index (χ2n) is 5.49. The van der Waals surface area contributed by atoms with Gasteiger partial charge in [-0.25, -0.2) is 0 Å². The summed E-state index contributed by atoms with van der Waals surface area (Å²) in [5.74, 6) is 0.707. The third-order valence-corrected chi connectivity index (χ3v) is 4.08. The quantitative estimate of drug-likeness (QED) is 0.843. The van der Waals surface area contributed by atoms with Crippen molar-refractivity contribution in [2.24, 2.45) is 11.7 Å². The number of likely N-dealkylation sites (tertiary alicyclic amines) is 1. The van der Waals surface area contributed by atoms with Crippen molar-refractivity contribution in [1.82, 2.24) is 4.90 Å². The topological polar surface area (TPSA) is 38.5 Å². The summed E-state index contributed by atoms with van der Waals surface area (Å²) < 4.78 is 5.67. The Hall–Kier alpha value is 0.170. The zero-order chi connectivity index (χ0) is 11.4. The average molecular weight is 263 g/mol. The summed E-state index contributed by atoms with van der Waals surface area (Å²) in [5, 5.41) is 0. The van der Waals surface area contributed by atoms with E-state index in [1.165, 1.54) is 51.7 Å². The highest BCUT2D eigenvalue weighted by atomic mass is 35.5. The van der Waals surface area contributed by atoms with Gasteiger partial charge in [-0.1, -0.05) is 0 Å². The molecule has 0 saturated carbocycles. The number of halogens is 1. The van der Waals surface area contributed by atoms with E-state index in [2.05, 4.69) is 11.8 Å². The van der Waals surface area contributed by atoms with Crippen molar-refractivity contribution in [2.45, 2.75) is 51.2 Å². The SMILES string of the molecule is CC(N)C1CCCN(CCC2CCCO2)C1.Cl. The fourth-order valence-corrected chi connectivity index (χ4v) is 2.92. The Bertz CT molecular complexity index is 208. The maximum absolute atomic E-state index is 6.00. The van der Waals surface area contributed by atoms with Gasteiger partial charge in [-0.3, -0.25) is 0 Å². The summed E-state index contributed by atoms with van der Waals surface area (Å²) in [6.45, 7) is 6.79. The summed E-state index contributed by atoms with van der Waals surface area (Å²) in [7, 11) is 0. The summed E-state index contributed by atoms with van der Waals surface area (Å²) in [6.07, 6.45) is 6.91. The van der Waals surface area contributed by atoms with Crippen LogP contribution in [0.5, 0.6) is 0 Å². The van der Waals surface area contributed by atoms with E-state index in [1.807, 2.05) is 0 Å². The smallest absolute Gasteiger partial charge is 0.0588 e. The first-order valence-corrected chi connectivity index (χ1v) is 6.85. The van der Waals surface area contributed by atoms with Gasteiger partial charge in [-0.2, -0.15) is 0 Å². The van der Waals surface area contributed by atoms with Crippen LogP contribution in [0.1, 0.15) is 39.0 Å². The molecule has 0 aromatic carbocycles. The lowest BCUT2D eigenvalue weighted by atomic mass is 9.92. The van der Waals surface area contributed by atoms with Crippen molar-refractivity contribution < 1.29 is 4.74 Å². The van der Waals surface area contributed by atoms with E-state index >= 15 is 0 Å². The zero-order valence-corrected chi connectivity index (χ0v) is 11.8. The van der Waals surface area contributed by atoms with Crippen LogP contribution in [-0.2, 0) is 4.74 Å². The molecule has 3 atom stereocenters. The van der Waals surface area contributed by atoms with E-state index in [0.29, 0.717) is 18.1 Å². The summed E-state index contributed by atoms with van der Waals surface area (Å²) in [5.41, 5.74) is 6.00. The maximum atomic E-state index is 6.00. The fraction of sp³-hybridized carbons (Fsp3) is 1.00. The van der Waals surface area contributed by atoms with Gasteiger partial charge in [0.15, 0.2) is 0 Å². The first kappa shape index (κ1) is 15.2. The number of nitrogens with two attached hydrogens (primary N) is 1. The van der Waals surface area contributed by atoms with Crippen LogP contribution >= 0.6 is 12.4 Å². The van der Waals surface area contributed by atoms with E-state index < -0.39 is 0 Å². The first-order chi connectivity index (χ1) is 7.75. The van der Waals surface area contributed by atoms with E-state index in [0.717, 1.165) is 6.61 Å². The molecular weight excluding hydrogens is 236 g/mol. The molecule has 0 aromatic rings. The maximum Gasteiger partial charge on any atom is 0.0588 e. The number of hydrogen-bond donors (Lipinski definition) is 1. The Kier molecular flexibility index (Phi) is 6.78. The Morgan fingerprint density at radius 2 is 2.18 bits per heavy atom. The van der Waals surface area contributed by atoms with Gasteiger partial charge in [-0.15, -0.1) is 12.4 Å². The third kappa shape index (κ3) is 4.74. The number of rotatable bonds is 4. The van der Waals surface area contributed by atoms with Crippen LogP contribution in [0.3, 0.4) is 0 Å². The van der Waals surface area contributed by atoms with Gasteiger partial charge in [0, 0.05) is 25.7 Å². The molecule has 0 radical (unpaired) electrons. The number of nitrogens with zero attached hydrogens (tertiary/aromatic N) is 1. The lowest BCUT2D eigenvalue weighted by Crippen LogP contribution is -2.43. The first-order valence-electron chi connectivity index (χ1n) is 6.85. The van der Waals surface area contributed by atoms with Gasteiger partial charge in [-0.05, 0) is 51.5 Å². The normalized spacial score (nSPS) is 32.1. The Balaban J connectivity index is 0.00000144. The molecule has 17 heavy (non-hydrogen) atoms. The molecule has 0 bridgehead atoms. The Morgan fingerprint density at radius 3 is 2.82 bits per heavy atom. The highest BCUT2D eigenvalue weighted by Crippen LogP contribution is 2.21. The van der Waals surface area contributed by atoms with E-state index in [4.69, 9.17) is 10.5 Å². The zero-order valence-electron chi connectivity index (χ0n) is 10.9. The number of ether oxygens (including phenoxy) is 1. The molecule has 4 heteroatoms. The van der Waals surface area contributed by atoms with E-state index in [-0.39, 0.29) is 12.4 Å². The minimum atomic E-state index is 0. The molecule has 3 unspecified atom stereocenters. The van der Waals surface area contributed by atoms with E-state index in [9.17, 15) is 0 Å². The van der Waals surface area contributed by atoms with Crippen LogP contribution in [-0.4, -0.2) is 43.3 Å². The number of piperidine rings is 1. The van der Waals surface area contributed by atoms with Crippen molar-refractivity contribution in [3.8, 4) is 0 Å². The molecule has 2 saturated heterocycles. The van der Waals surface area contributed by atoms with Crippen LogP contribution in [0.25, 0.3) is 0 Å². The second-order valence-corrected chi connectivity index (χ2v) is 5.49. The molecule has 0 amide bonds. The van der Waals surface area contributed by atoms with Crippen molar-refractivity contribution in [3.63, 3.8) is 0 Å². The molecule has 2 aliphatic heterocycles. The second kappa shape index (κ2) is 7.57. The molecule has 3 nitrogen and oxygen atoms in total. The van der Waals surface area contributed by atoms with Crippen molar-refractivity contribution in [1.29, 1.82) is 0 Å². The molecule has 0 spiro atoms. The van der Waals surface area contributed by atoms with Gasteiger partial charge < -0.3 is 15.4 Å². The molecule has 2 N–H and O–H groups in total. The predicted molar refractivity (Wildman–Crippen MR) is 73.7 cm³/mol. The fourth-order valence-electron chi connectivity index (χ4n) is 2.92.